The zero-order valence-electron chi connectivity index (χ0n) is 33.1. The van der Waals surface area contributed by atoms with Gasteiger partial charge in [0.2, 0.25) is 0 Å². The first-order valence-electron chi connectivity index (χ1n) is 20.7. The van der Waals surface area contributed by atoms with Crippen molar-refractivity contribution in [3.8, 4) is 61.8 Å². The van der Waals surface area contributed by atoms with E-state index in [4.69, 9.17) is 15.0 Å². The van der Waals surface area contributed by atoms with Crippen LogP contribution in [0.3, 0.4) is 0 Å². The Labute approximate surface area is 352 Å². The second kappa shape index (κ2) is 14.3. The number of hydrogen-bond donors (Lipinski definition) is 0. The van der Waals surface area contributed by atoms with Gasteiger partial charge in [0.1, 0.15) is 0 Å². The second-order valence-electron chi connectivity index (χ2n) is 15.6. The third kappa shape index (κ3) is 5.88. The Balaban J connectivity index is 0.925. The van der Waals surface area contributed by atoms with Crippen molar-refractivity contribution in [1.29, 1.82) is 0 Å². The van der Waals surface area contributed by atoms with Crippen LogP contribution in [0.2, 0.25) is 0 Å². The summed E-state index contributed by atoms with van der Waals surface area (Å²) in [6.07, 6.45) is 0. The zero-order valence-corrected chi connectivity index (χ0v) is 33.1. The van der Waals surface area contributed by atoms with Crippen molar-refractivity contribution in [2.24, 2.45) is 0 Å². The maximum absolute atomic E-state index is 5.32. The third-order valence-electron chi connectivity index (χ3n) is 12.0. The number of benzene rings is 9. The number of para-hydroxylation sites is 4. The van der Waals surface area contributed by atoms with Gasteiger partial charge in [-0.05, 0) is 64.7 Å². The summed E-state index contributed by atoms with van der Waals surface area (Å²) in [6, 6.07) is 77.3. The minimum absolute atomic E-state index is 0.705. The van der Waals surface area contributed by atoms with Crippen molar-refractivity contribution in [3.05, 3.63) is 218 Å². The molecule has 4 nitrogen and oxygen atoms in total. The van der Waals surface area contributed by atoms with E-state index in [1.165, 1.54) is 32.8 Å². The Morgan fingerprint density at radius 3 is 1.57 bits per heavy atom. The number of hydrogen-bond acceptors (Lipinski definition) is 3. The molecular weight excluding hydrogens is 741 g/mol. The monoisotopic (exact) mass is 776 g/mol. The van der Waals surface area contributed by atoms with Gasteiger partial charge in [0.05, 0.1) is 33.5 Å². The molecule has 0 aliphatic carbocycles. The van der Waals surface area contributed by atoms with Gasteiger partial charge in [-0.1, -0.05) is 176 Å². The van der Waals surface area contributed by atoms with Crippen molar-refractivity contribution in [1.82, 2.24) is 19.5 Å². The Morgan fingerprint density at radius 2 is 0.820 bits per heavy atom. The number of pyridine rings is 1. The summed E-state index contributed by atoms with van der Waals surface area (Å²) in [5.74, 6) is 0.705. The van der Waals surface area contributed by atoms with Gasteiger partial charge in [-0.3, -0.25) is 0 Å². The van der Waals surface area contributed by atoms with Crippen LogP contribution >= 0.6 is 0 Å². The molecule has 3 heterocycles. The summed E-state index contributed by atoms with van der Waals surface area (Å²) in [7, 11) is 0. The average Bonchev–Trinajstić information content (AvgIpc) is 3.68. The van der Waals surface area contributed by atoms with Crippen LogP contribution in [0.5, 0.6) is 0 Å². The topological polar surface area (TPSA) is 43.6 Å². The number of fused-ring (bicyclic) bond motifs is 8. The smallest absolute Gasteiger partial charge is 0.160 e. The Bertz CT molecular complexity index is 3610. The highest BCUT2D eigenvalue weighted by Gasteiger charge is 2.20. The molecular formula is C57H36N4. The molecule has 0 aliphatic heterocycles. The third-order valence-corrected chi connectivity index (χ3v) is 12.0. The first-order valence-corrected chi connectivity index (χ1v) is 20.7. The summed E-state index contributed by atoms with van der Waals surface area (Å²) >= 11 is 0. The highest BCUT2D eigenvalue weighted by atomic mass is 15.0. The molecule has 12 rings (SSSR count). The minimum Gasteiger partial charge on any atom is -0.309 e. The van der Waals surface area contributed by atoms with E-state index in [2.05, 4.69) is 211 Å². The summed E-state index contributed by atoms with van der Waals surface area (Å²) in [6.45, 7) is 0. The molecule has 0 atom stereocenters. The van der Waals surface area contributed by atoms with E-state index in [9.17, 15) is 0 Å². The summed E-state index contributed by atoms with van der Waals surface area (Å²) in [5, 5.41) is 7.03. The lowest BCUT2D eigenvalue weighted by atomic mass is 9.95. The lowest BCUT2D eigenvalue weighted by Crippen LogP contribution is -1.95. The first-order chi connectivity index (χ1) is 30.2. The fourth-order valence-corrected chi connectivity index (χ4v) is 9.11. The molecule has 0 saturated carbocycles. The van der Waals surface area contributed by atoms with Gasteiger partial charge in [-0.25, -0.2) is 15.0 Å². The molecule has 284 valence electrons. The summed E-state index contributed by atoms with van der Waals surface area (Å²) in [5.41, 5.74) is 15.0. The van der Waals surface area contributed by atoms with Crippen molar-refractivity contribution >= 4 is 54.4 Å². The normalized spacial score (nSPS) is 11.6. The van der Waals surface area contributed by atoms with E-state index < -0.39 is 0 Å². The van der Waals surface area contributed by atoms with Crippen molar-refractivity contribution in [2.75, 3.05) is 0 Å². The summed E-state index contributed by atoms with van der Waals surface area (Å²) < 4.78 is 2.38. The minimum atomic E-state index is 0.705. The standard InChI is InChI=1S/C57H36N4/c1-3-14-37(15-4-1)42-16-13-17-43(36-42)56-46-21-8-11-24-50(46)59-57(60-56)41-32-28-39(29-33-41)38-26-30-40(31-27-38)55-48-34-35-52-54(53(48)45-20-7-10-23-49(45)58-55)47-22-9-12-25-51(47)61(52)44-18-5-2-6-19-44/h1-36H. The van der Waals surface area contributed by atoms with Crippen LogP contribution in [0.1, 0.15) is 0 Å². The molecule has 3 aromatic heterocycles. The summed E-state index contributed by atoms with van der Waals surface area (Å²) in [4.78, 5) is 15.6. The van der Waals surface area contributed by atoms with Crippen LogP contribution in [0.15, 0.2) is 218 Å². The number of aromatic nitrogens is 4. The molecule has 0 radical (unpaired) electrons. The molecule has 9 aromatic carbocycles. The number of nitrogens with zero attached hydrogens (tertiary/aromatic N) is 4. The van der Waals surface area contributed by atoms with E-state index in [1.54, 1.807) is 0 Å². The molecule has 4 heteroatoms. The SMILES string of the molecule is c1ccc(-c2cccc(-c3nc(-c4ccc(-c5ccc(-c6nc7ccccc7c7c6ccc6c7c7ccccc7n6-c6ccccc6)cc5)cc4)nc4ccccc34)c2)cc1. The molecule has 61 heavy (non-hydrogen) atoms. The fraction of sp³-hybridized carbons (Fsp3) is 0. The maximum Gasteiger partial charge on any atom is 0.160 e. The molecule has 0 unspecified atom stereocenters. The van der Waals surface area contributed by atoms with E-state index in [0.29, 0.717) is 5.82 Å². The van der Waals surface area contributed by atoms with Crippen molar-refractivity contribution in [2.45, 2.75) is 0 Å². The Morgan fingerprint density at radius 1 is 0.279 bits per heavy atom. The van der Waals surface area contributed by atoms with Crippen molar-refractivity contribution < 1.29 is 0 Å². The van der Waals surface area contributed by atoms with Gasteiger partial charge >= 0.3 is 0 Å². The lowest BCUT2D eigenvalue weighted by molar-refractivity contribution is 1.18. The van der Waals surface area contributed by atoms with Crippen LogP contribution in [0, 0.1) is 0 Å². The molecule has 0 fully saturated rings. The zero-order chi connectivity index (χ0) is 40.3. The molecule has 0 aliphatic rings. The molecule has 12 aromatic rings. The van der Waals surface area contributed by atoms with Crippen LogP contribution in [-0.4, -0.2) is 19.5 Å². The molecule has 0 saturated heterocycles. The van der Waals surface area contributed by atoms with Gasteiger partial charge in [-0.2, -0.15) is 0 Å². The molecule has 0 N–H and O–H groups in total. The maximum atomic E-state index is 5.32. The van der Waals surface area contributed by atoms with Crippen LogP contribution in [0.4, 0.5) is 0 Å². The van der Waals surface area contributed by atoms with E-state index in [0.717, 1.165) is 77.6 Å². The van der Waals surface area contributed by atoms with Gasteiger partial charge in [0, 0.05) is 54.7 Å². The van der Waals surface area contributed by atoms with E-state index in [1.807, 2.05) is 12.1 Å². The predicted molar refractivity (Wildman–Crippen MR) is 254 cm³/mol. The average molecular weight is 777 g/mol. The predicted octanol–water partition coefficient (Wildman–Crippen LogP) is 14.8. The van der Waals surface area contributed by atoms with E-state index >= 15 is 0 Å². The first kappa shape index (κ1) is 34.8. The van der Waals surface area contributed by atoms with E-state index in [-0.39, 0.29) is 0 Å². The molecule has 0 amide bonds. The van der Waals surface area contributed by atoms with Gasteiger partial charge < -0.3 is 4.57 Å². The van der Waals surface area contributed by atoms with Gasteiger partial charge in [-0.15, -0.1) is 0 Å². The largest absolute Gasteiger partial charge is 0.309 e. The quantitative estimate of drug-likeness (QED) is 0.158. The van der Waals surface area contributed by atoms with Crippen LogP contribution in [-0.2, 0) is 0 Å². The highest BCUT2D eigenvalue weighted by molar-refractivity contribution is 6.29. The number of rotatable bonds is 6. The van der Waals surface area contributed by atoms with Crippen LogP contribution in [0.25, 0.3) is 116 Å². The Hall–Kier alpha value is -8.21. The van der Waals surface area contributed by atoms with Crippen molar-refractivity contribution in [3.63, 3.8) is 0 Å². The second-order valence-corrected chi connectivity index (χ2v) is 15.6. The Kier molecular flexibility index (Phi) is 8.13. The molecule has 0 spiro atoms. The fourth-order valence-electron chi connectivity index (χ4n) is 9.11. The van der Waals surface area contributed by atoms with Gasteiger partial charge in [0.25, 0.3) is 0 Å². The highest BCUT2D eigenvalue weighted by Crippen LogP contribution is 2.42. The lowest BCUT2D eigenvalue weighted by Gasteiger charge is -2.13. The van der Waals surface area contributed by atoms with Crippen LogP contribution < -0.4 is 0 Å². The van der Waals surface area contributed by atoms with Gasteiger partial charge in [0.15, 0.2) is 5.82 Å². The molecule has 0 bridgehead atoms.